The van der Waals surface area contributed by atoms with Crippen molar-refractivity contribution in [3.8, 4) is 12.3 Å². The van der Waals surface area contributed by atoms with Crippen LogP contribution in [0.1, 0.15) is 0 Å². The zero-order valence-corrected chi connectivity index (χ0v) is 10.9. The van der Waals surface area contributed by atoms with Gasteiger partial charge in [-0.05, 0) is 0 Å². The number of nitrogens with zero attached hydrogens (tertiary/aromatic N) is 1. The van der Waals surface area contributed by atoms with Gasteiger partial charge in [0.15, 0.2) is 0 Å². The standard InChI is InChI=1S/C7H15NO2P.HI/c1-6-7-8(2)11(5,9-3)10-4;/h1H,7H2,2-5H3;1H/q+1;/p-1. The summed E-state index contributed by atoms with van der Waals surface area (Å²) in [7, 11) is 3.30. The zero-order chi connectivity index (χ0) is 8.91. The van der Waals surface area contributed by atoms with E-state index in [1.54, 1.807) is 14.2 Å². The molecule has 0 atom stereocenters. The van der Waals surface area contributed by atoms with Crippen LogP contribution in [-0.2, 0) is 9.05 Å². The van der Waals surface area contributed by atoms with Crippen molar-refractivity contribution in [3.63, 3.8) is 0 Å². The molecule has 12 heavy (non-hydrogen) atoms. The molecule has 0 fully saturated rings. The molecule has 0 aliphatic rings. The summed E-state index contributed by atoms with van der Waals surface area (Å²) >= 11 is 0. The minimum absolute atomic E-state index is 0. The van der Waals surface area contributed by atoms with Crippen LogP contribution in [0.15, 0.2) is 0 Å². The van der Waals surface area contributed by atoms with Gasteiger partial charge in [-0.3, -0.25) is 0 Å². The van der Waals surface area contributed by atoms with Gasteiger partial charge >= 0.3 is 7.87 Å². The highest BCUT2D eigenvalue weighted by Gasteiger charge is 2.38. The van der Waals surface area contributed by atoms with E-state index in [4.69, 9.17) is 15.5 Å². The second-order valence-corrected chi connectivity index (χ2v) is 5.21. The Morgan fingerprint density at radius 2 is 1.83 bits per heavy atom. The number of hydrogen-bond acceptors (Lipinski definition) is 3. The van der Waals surface area contributed by atoms with Gasteiger partial charge in [-0.1, -0.05) is 5.92 Å². The highest BCUT2D eigenvalue weighted by molar-refractivity contribution is 7.63. The molecule has 0 unspecified atom stereocenters. The van der Waals surface area contributed by atoms with Crippen molar-refractivity contribution in [3.05, 3.63) is 0 Å². The van der Waals surface area contributed by atoms with Crippen molar-refractivity contribution in [2.24, 2.45) is 0 Å². The summed E-state index contributed by atoms with van der Waals surface area (Å²) in [6.45, 7) is 2.47. The molecular formula is C7H15INO2P. The van der Waals surface area contributed by atoms with Gasteiger partial charge in [-0.25, -0.2) is 0 Å². The van der Waals surface area contributed by atoms with Crippen LogP contribution in [0.4, 0.5) is 0 Å². The zero-order valence-electron chi connectivity index (χ0n) is 7.87. The molecule has 0 aliphatic carbocycles. The van der Waals surface area contributed by atoms with E-state index in [1.165, 1.54) is 0 Å². The van der Waals surface area contributed by atoms with Gasteiger partial charge in [0, 0.05) is 7.05 Å². The van der Waals surface area contributed by atoms with E-state index in [0.717, 1.165) is 0 Å². The first kappa shape index (κ1) is 15.1. The van der Waals surface area contributed by atoms with Crippen LogP contribution in [-0.4, -0.2) is 39.1 Å². The maximum absolute atomic E-state index is 5.22. The molecule has 0 saturated carbocycles. The molecule has 72 valence electrons. The van der Waals surface area contributed by atoms with Crippen molar-refractivity contribution in [1.29, 1.82) is 0 Å². The molecule has 0 heterocycles. The Labute approximate surface area is 92.4 Å². The first-order valence-corrected chi connectivity index (χ1v) is 5.26. The van der Waals surface area contributed by atoms with Crippen LogP contribution >= 0.6 is 7.87 Å². The Bertz CT molecular complexity index is 156. The quantitative estimate of drug-likeness (QED) is 0.349. The lowest BCUT2D eigenvalue weighted by molar-refractivity contribution is -0.00000407. The van der Waals surface area contributed by atoms with Crippen LogP contribution in [0.2, 0.25) is 0 Å². The van der Waals surface area contributed by atoms with Gasteiger partial charge in [0.25, 0.3) is 0 Å². The normalized spacial score (nSPS) is 10.7. The molecule has 0 N–H and O–H groups in total. The van der Waals surface area contributed by atoms with Crippen LogP contribution in [0.25, 0.3) is 0 Å². The topological polar surface area (TPSA) is 21.7 Å². The molecule has 0 aromatic rings. The number of hydrogen-bond donors (Lipinski definition) is 0. The van der Waals surface area contributed by atoms with Crippen molar-refractivity contribution in [1.82, 2.24) is 4.67 Å². The van der Waals surface area contributed by atoms with Crippen molar-refractivity contribution in [2.45, 2.75) is 0 Å². The predicted molar refractivity (Wildman–Crippen MR) is 48.3 cm³/mol. The van der Waals surface area contributed by atoms with Crippen LogP contribution in [0.5, 0.6) is 0 Å². The third kappa shape index (κ3) is 4.01. The monoisotopic (exact) mass is 303 g/mol. The molecule has 0 aliphatic heterocycles. The molecule has 0 aromatic carbocycles. The summed E-state index contributed by atoms with van der Waals surface area (Å²) in [6.07, 6.45) is 5.15. The second-order valence-electron chi connectivity index (χ2n) is 2.19. The highest BCUT2D eigenvalue weighted by Crippen LogP contribution is 2.58. The van der Waals surface area contributed by atoms with Crippen molar-refractivity contribution >= 4 is 7.87 Å². The molecule has 0 amide bonds. The Balaban J connectivity index is 0. The second kappa shape index (κ2) is 7.05. The molecule has 0 rings (SSSR count). The molecule has 0 spiro atoms. The Kier molecular flexibility index (Phi) is 8.86. The Hall–Kier alpha value is 0.600. The molecule has 0 radical (unpaired) electrons. The van der Waals surface area contributed by atoms with Gasteiger partial charge in [-0.15, -0.1) is 11.1 Å². The fourth-order valence-electron chi connectivity index (χ4n) is 0.614. The predicted octanol–water partition coefficient (Wildman–Crippen LogP) is -1.76. The smallest absolute Gasteiger partial charge is 0.345 e. The first-order valence-electron chi connectivity index (χ1n) is 3.23. The lowest BCUT2D eigenvalue weighted by Gasteiger charge is -2.23. The summed E-state index contributed by atoms with van der Waals surface area (Å²) in [5.41, 5.74) is 0. The highest BCUT2D eigenvalue weighted by atomic mass is 127. The van der Waals surface area contributed by atoms with Gasteiger partial charge in [0.1, 0.15) is 6.66 Å². The number of halogens is 1. The third-order valence-corrected chi connectivity index (χ3v) is 4.35. The van der Waals surface area contributed by atoms with E-state index >= 15 is 0 Å². The van der Waals surface area contributed by atoms with E-state index in [0.29, 0.717) is 6.54 Å². The minimum atomic E-state index is -1.85. The number of terminal acetylenes is 1. The lowest BCUT2D eigenvalue weighted by Crippen LogP contribution is -3.00. The third-order valence-electron chi connectivity index (χ3n) is 1.62. The van der Waals surface area contributed by atoms with Crippen molar-refractivity contribution in [2.75, 3.05) is 34.5 Å². The van der Waals surface area contributed by atoms with Gasteiger partial charge in [-0.2, -0.15) is 9.05 Å². The summed E-state index contributed by atoms with van der Waals surface area (Å²) in [5.74, 6) is 2.54. The van der Waals surface area contributed by atoms with Crippen LogP contribution in [0.3, 0.4) is 0 Å². The molecule has 0 bridgehead atoms. The fraction of sp³-hybridized carbons (Fsp3) is 0.714. The molecule has 3 nitrogen and oxygen atoms in total. The molecular weight excluding hydrogens is 288 g/mol. The van der Waals surface area contributed by atoms with E-state index in [-0.39, 0.29) is 24.0 Å². The largest absolute Gasteiger partial charge is 1.00 e. The van der Waals surface area contributed by atoms with Crippen LogP contribution in [0, 0.1) is 12.3 Å². The maximum atomic E-state index is 5.22. The van der Waals surface area contributed by atoms with E-state index in [2.05, 4.69) is 5.92 Å². The van der Waals surface area contributed by atoms with Gasteiger partial charge < -0.3 is 24.0 Å². The van der Waals surface area contributed by atoms with E-state index in [9.17, 15) is 0 Å². The van der Waals surface area contributed by atoms with Crippen molar-refractivity contribution < 1.29 is 33.0 Å². The fourth-order valence-corrected chi connectivity index (χ4v) is 1.66. The molecule has 0 aromatic heterocycles. The SMILES string of the molecule is C#CCN(C)[P+](C)(OC)OC.[I-]. The summed E-state index contributed by atoms with van der Waals surface area (Å²) < 4.78 is 12.4. The lowest BCUT2D eigenvalue weighted by atomic mass is 10.7. The number of rotatable bonds is 4. The molecule has 5 heteroatoms. The summed E-state index contributed by atoms with van der Waals surface area (Å²) in [4.78, 5) is 0. The maximum Gasteiger partial charge on any atom is 0.345 e. The Morgan fingerprint density at radius 1 is 1.42 bits per heavy atom. The van der Waals surface area contributed by atoms with Crippen LogP contribution < -0.4 is 24.0 Å². The minimum Gasteiger partial charge on any atom is -1.00 e. The first-order chi connectivity index (χ1) is 5.10. The Morgan fingerprint density at radius 3 is 2.08 bits per heavy atom. The van der Waals surface area contributed by atoms with E-state index in [1.807, 2.05) is 18.4 Å². The molecule has 0 saturated heterocycles. The van der Waals surface area contributed by atoms with Gasteiger partial charge in [0.05, 0.1) is 20.8 Å². The van der Waals surface area contributed by atoms with Gasteiger partial charge in [0.2, 0.25) is 0 Å². The van der Waals surface area contributed by atoms with E-state index < -0.39 is 7.87 Å². The average molecular weight is 303 g/mol. The summed E-state index contributed by atoms with van der Waals surface area (Å²) in [6, 6.07) is 0. The average Bonchev–Trinajstić information content (AvgIpc) is 2.03. The summed E-state index contributed by atoms with van der Waals surface area (Å²) in [5, 5.41) is 0.